The Balaban J connectivity index is 1.27. The molecule has 5 nitrogen and oxygen atoms in total. The number of hydrogen-bond donors (Lipinski definition) is 0. The molecule has 4 rings (SSSR count). The minimum Gasteiger partial charge on any atom is -0.461 e. The van der Waals surface area contributed by atoms with Gasteiger partial charge in [-0.1, -0.05) is 36.4 Å². The predicted octanol–water partition coefficient (Wildman–Crippen LogP) is 3.04. The van der Waals surface area contributed by atoms with Gasteiger partial charge in [0.2, 0.25) is 5.91 Å². The smallest absolute Gasteiger partial charge is 0.274 e. The fourth-order valence-electron chi connectivity index (χ4n) is 3.44. The first-order chi connectivity index (χ1) is 13.3. The van der Waals surface area contributed by atoms with E-state index in [1.807, 2.05) is 65.7 Å². The van der Waals surface area contributed by atoms with E-state index in [1.165, 1.54) is 0 Å². The number of amides is 1. The highest BCUT2D eigenvalue weighted by Gasteiger charge is 2.25. The van der Waals surface area contributed by atoms with Crippen LogP contribution in [-0.2, 0) is 11.2 Å². The van der Waals surface area contributed by atoms with Crippen LogP contribution < -0.4 is 9.88 Å². The first-order valence-corrected chi connectivity index (χ1v) is 9.43. The molecule has 0 radical (unpaired) electrons. The number of anilines is 1. The van der Waals surface area contributed by atoms with E-state index in [0.717, 1.165) is 49.1 Å². The van der Waals surface area contributed by atoms with Gasteiger partial charge in [-0.15, -0.1) is 0 Å². The molecule has 0 unspecified atom stereocenters. The van der Waals surface area contributed by atoms with Crippen molar-refractivity contribution in [1.82, 2.24) is 4.90 Å². The Morgan fingerprint density at radius 3 is 2.44 bits per heavy atom. The van der Waals surface area contributed by atoms with Gasteiger partial charge < -0.3 is 9.32 Å². The number of nitrogens with one attached hydrogen (secondary N) is 1. The average Bonchev–Trinajstić information content (AvgIpc) is 3.22. The number of H-pyrrole nitrogens is 1. The molecule has 138 valence electrons. The zero-order valence-corrected chi connectivity index (χ0v) is 15.3. The van der Waals surface area contributed by atoms with E-state index in [1.54, 1.807) is 0 Å². The maximum Gasteiger partial charge on any atom is 0.274 e. The first-order valence-electron chi connectivity index (χ1n) is 9.43. The monoisotopic (exact) mass is 362 g/mol. The van der Waals surface area contributed by atoms with Crippen LogP contribution in [0.15, 0.2) is 71.3 Å². The lowest BCUT2D eigenvalue weighted by atomic mass is 10.2. The van der Waals surface area contributed by atoms with Crippen LogP contribution in [-0.4, -0.2) is 37.0 Å². The summed E-state index contributed by atoms with van der Waals surface area (Å²) >= 11 is 0. The molecule has 0 spiro atoms. The molecule has 5 heteroatoms. The molecule has 0 saturated carbocycles. The van der Waals surface area contributed by atoms with E-state index >= 15 is 0 Å². The summed E-state index contributed by atoms with van der Waals surface area (Å²) < 4.78 is 5.90. The van der Waals surface area contributed by atoms with Crippen LogP contribution in [0, 0.1) is 0 Å². The molecule has 1 fully saturated rings. The molecule has 1 N–H and O–H groups in total. The third-order valence-electron chi connectivity index (χ3n) is 4.97. The first kappa shape index (κ1) is 17.3. The van der Waals surface area contributed by atoms with Gasteiger partial charge in [-0.25, -0.2) is 4.98 Å². The summed E-state index contributed by atoms with van der Waals surface area (Å²) in [7, 11) is 0. The molecule has 3 aromatic rings. The number of furan rings is 1. The van der Waals surface area contributed by atoms with Crippen LogP contribution >= 0.6 is 0 Å². The van der Waals surface area contributed by atoms with Crippen molar-refractivity contribution in [1.29, 1.82) is 0 Å². The topological polar surface area (TPSA) is 50.8 Å². The molecule has 0 bridgehead atoms. The maximum absolute atomic E-state index is 12.5. The molecule has 0 atom stereocenters. The molecule has 0 aliphatic carbocycles. The third kappa shape index (κ3) is 4.19. The van der Waals surface area contributed by atoms with Crippen LogP contribution in [0.2, 0.25) is 0 Å². The van der Waals surface area contributed by atoms with Gasteiger partial charge in [-0.05, 0) is 18.2 Å². The molecule has 1 aliphatic rings. The quantitative estimate of drug-likeness (QED) is 0.701. The Morgan fingerprint density at radius 1 is 0.926 bits per heavy atom. The highest BCUT2D eigenvalue weighted by Crippen LogP contribution is 2.22. The number of rotatable bonds is 5. The Hall–Kier alpha value is -3.08. The molecule has 2 aromatic heterocycles. The largest absolute Gasteiger partial charge is 0.461 e. The summed E-state index contributed by atoms with van der Waals surface area (Å²) in [6.45, 7) is 3.22. The summed E-state index contributed by atoms with van der Waals surface area (Å²) in [6, 6.07) is 20.0. The van der Waals surface area contributed by atoms with E-state index in [9.17, 15) is 4.79 Å². The Labute approximate surface area is 159 Å². The van der Waals surface area contributed by atoms with Crippen molar-refractivity contribution in [2.24, 2.45) is 0 Å². The molecular weight excluding hydrogens is 338 g/mol. The van der Waals surface area contributed by atoms with Gasteiger partial charge in [-0.2, -0.15) is 0 Å². The SMILES string of the molecule is O=C(CCc1ccc(-c2ccccc2)o1)N1CCN(c2cccc[nH+]2)CC1. The number of aromatic nitrogens is 1. The van der Waals surface area contributed by atoms with Gasteiger partial charge >= 0.3 is 0 Å². The minimum absolute atomic E-state index is 0.198. The van der Waals surface area contributed by atoms with Gasteiger partial charge in [0, 0.05) is 24.5 Å². The number of pyridine rings is 1. The van der Waals surface area contributed by atoms with Crippen molar-refractivity contribution in [2.45, 2.75) is 12.8 Å². The predicted molar refractivity (Wildman–Crippen MR) is 104 cm³/mol. The number of carbonyl (C=O) groups is 1. The highest BCUT2D eigenvalue weighted by atomic mass is 16.3. The number of aromatic amines is 1. The van der Waals surface area contributed by atoms with Crippen LogP contribution in [0.5, 0.6) is 0 Å². The summed E-state index contributed by atoms with van der Waals surface area (Å²) in [5, 5.41) is 0. The zero-order chi connectivity index (χ0) is 18.5. The second kappa shape index (κ2) is 8.08. The second-order valence-corrected chi connectivity index (χ2v) is 6.75. The summed E-state index contributed by atoms with van der Waals surface area (Å²) in [6.07, 6.45) is 3.05. The van der Waals surface area contributed by atoms with Crippen molar-refractivity contribution < 1.29 is 14.2 Å². The van der Waals surface area contributed by atoms with E-state index in [2.05, 4.69) is 16.0 Å². The van der Waals surface area contributed by atoms with E-state index in [-0.39, 0.29) is 5.91 Å². The molecular formula is C22H24N3O2+. The number of piperazine rings is 1. The number of carbonyl (C=O) groups excluding carboxylic acids is 1. The summed E-state index contributed by atoms with van der Waals surface area (Å²) in [5.74, 6) is 3.02. The fraction of sp³-hybridized carbons (Fsp3) is 0.273. The van der Waals surface area contributed by atoms with E-state index < -0.39 is 0 Å². The standard InChI is InChI=1S/C22H23N3O2/c26-22(25-16-14-24(15-17-25)21-8-4-5-13-23-21)12-10-19-9-11-20(27-19)18-6-2-1-3-7-18/h1-9,11,13H,10,12,14-17H2/p+1. The van der Waals surface area contributed by atoms with Gasteiger partial charge in [0.25, 0.3) is 5.82 Å². The Kier molecular flexibility index (Phi) is 5.19. The van der Waals surface area contributed by atoms with Gasteiger partial charge in [0.1, 0.15) is 24.6 Å². The van der Waals surface area contributed by atoms with E-state index in [4.69, 9.17) is 4.42 Å². The molecule has 1 aromatic carbocycles. The van der Waals surface area contributed by atoms with E-state index in [0.29, 0.717) is 12.8 Å². The molecule has 1 amide bonds. The minimum atomic E-state index is 0.198. The highest BCUT2D eigenvalue weighted by molar-refractivity contribution is 5.76. The van der Waals surface area contributed by atoms with Crippen molar-refractivity contribution >= 4 is 11.7 Å². The van der Waals surface area contributed by atoms with Crippen molar-refractivity contribution in [3.63, 3.8) is 0 Å². The normalized spacial score (nSPS) is 14.4. The third-order valence-corrected chi connectivity index (χ3v) is 4.97. The maximum atomic E-state index is 12.5. The Bertz CT molecular complexity index is 869. The van der Waals surface area contributed by atoms with Gasteiger partial charge in [0.15, 0.2) is 0 Å². The lowest BCUT2D eigenvalue weighted by Crippen LogP contribution is -2.50. The van der Waals surface area contributed by atoms with Gasteiger partial charge in [-0.3, -0.25) is 9.69 Å². The average molecular weight is 362 g/mol. The molecule has 27 heavy (non-hydrogen) atoms. The van der Waals surface area contributed by atoms with Crippen LogP contribution in [0.4, 0.5) is 5.82 Å². The van der Waals surface area contributed by atoms with Crippen molar-refractivity contribution in [3.05, 3.63) is 72.6 Å². The Morgan fingerprint density at radius 2 is 1.70 bits per heavy atom. The number of benzene rings is 1. The van der Waals surface area contributed by atoms with Crippen molar-refractivity contribution in [3.8, 4) is 11.3 Å². The fourth-order valence-corrected chi connectivity index (χ4v) is 3.44. The summed E-state index contributed by atoms with van der Waals surface area (Å²) in [4.78, 5) is 20.0. The molecule has 1 aliphatic heterocycles. The van der Waals surface area contributed by atoms with Crippen LogP contribution in [0.1, 0.15) is 12.2 Å². The molecule has 3 heterocycles. The number of nitrogens with zero attached hydrogens (tertiary/aromatic N) is 2. The van der Waals surface area contributed by atoms with Crippen LogP contribution in [0.25, 0.3) is 11.3 Å². The molecule has 1 saturated heterocycles. The lowest BCUT2D eigenvalue weighted by Gasteiger charge is -2.31. The van der Waals surface area contributed by atoms with Crippen LogP contribution in [0.3, 0.4) is 0 Å². The second-order valence-electron chi connectivity index (χ2n) is 6.75. The van der Waals surface area contributed by atoms with Gasteiger partial charge in [0.05, 0.1) is 19.3 Å². The lowest BCUT2D eigenvalue weighted by molar-refractivity contribution is -0.364. The summed E-state index contributed by atoms with van der Waals surface area (Å²) in [5.41, 5.74) is 1.06. The number of aryl methyl sites for hydroxylation is 1. The van der Waals surface area contributed by atoms with Crippen molar-refractivity contribution in [2.75, 3.05) is 31.1 Å². The zero-order valence-electron chi connectivity index (χ0n) is 15.3. The number of hydrogen-bond acceptors (Lipinski definition) is 3.